The number of amides is 1. The highest BCUT2D eigenvalue weighted by molar-refractivity contribution is 5.83. The number of ether oxygens (including phenoxy) is 2. The summed E-state index contributed by atoms with van der Waals surface area (Å²) in [5, 5.41) is 9.34. The van der Waals surface area contributed by atoms with Crippen LogP contribution in [-0.2, 0) is 14.3 Å². The minimum atomic E-state index is -1.57. The highest BCUT2D eigenvalue weighted by atomic mass is 16.6. The molecule has 0 aliphatic carbocycles. The van der Waals surface area contributed by atoms with Gasteiger partial charge in [0.1, 0.15) is 5.60 Å². The van der Waals surface area contributed by atoms with Gasteiger partial charge in [0, 0.05) is 19.6 Å². The fourth-order valence-electron chi connectivity index (χ4n) is 2.02. The molecule has 18 heavy (non-hydrogen) atoms. The molecule has 0 radical (unpaired) electrons. The van der Waals surface area contributed by atoms with Crippen molar-refractivity contribution < 1.29 is 24.2 Å². The van der Waals surface area contributed by atoms with Crippen molar-refractivity contribution in [2.45, 2.75) is 51.9 Å². The van der Waals surface area contributed by atoms with E-state index in [1.807, 2.05) is 0 Å². The van der Waals surface area contributed by atoms with Crippen LogP contribution in [0.4, 0.5) is 4.79 Å². The van der Waals surface area contributed by atoms with Gasteiger partial charge in [-0.2, -0.15) is 0 Å². The molecule has 0 aromatic carbocycles. The van der Waals surface area contributed by atoms with Crippen LogP contribution in [0.2, 0.25) is 0 Å². The van der Waals surface area contributed by atoms with Gasteiger partial charge in [0.25, 0.3) is 0 Å². The Morgan fingerprint density at radius 1 is 1.39 bits per heavy atom. The Bertz CT molecular complexity index is 336. The number of likely N-dealkylation sites (tertiary alicyclic amines) is 1. The third kappa shape index (κ3) is 2.93. The van der Waals surface area contributed by atoms with Gasteiger partial charge < -0.3 is 14.6 Å². The molecule has 0 aromatic rings. The minimum Gasteiger partial charge on any atom is -0.478 e. The maximum atomic E-state index is 12.0. The number of rotatable bonds is 3. The molecule has 1 unspecified atom stereocenters. The number of carboxylic acids is 1. The van der Waals surface area contributed by atoms with Gasteiger partial charge in [-0.05, 0) is 34.1 Å². The highest BCUT2D eigenvalue weighted by Crippen LogP contribution is 2.32. The second kappa shape index (κ2) is 5.14. The van der Waals surface area contributed by atoms with Crippen molar-refractivity contribution in [1.82, 2.24) is 4.90 Å². The number of carbonyl (C=O) groups is 2. The van der Waals surface area contributed by atoms with Crippen molar-refractivity contribution in [3.8, 4) is 0 Å². The summed E-state index contributed by atoms with van der Waals surface area (Å²) in [4.78, 5) is 24.6. The topological polar surface area (TPSA) is 76.1 Å². The fraction of sp³-hybridized carbons (Fsp3) is 0.833. The van der Waals surface area contributed by atoms with Crippen LogP contribution < -0.4 is 0 Å². The first-order valence-electron chi connectivity index (χ1n) is 6.11. The lowest BCUT2D eigenvalue weighted by atomic mass is 10.1. The Kier molecular flexibility index (Phi) is 4.21. The molecule has 0 saturated carbocycles. The van der Waals surface area contributed by atoms with Gasteiger partial charge in [-0.25, -0.2) is 9.59 Å². The summed E-state index contributed by atoms with van der Waals surface area (Å²) in [6.07, 6.45) is 0.233. The average Bonchev–Trinajstić information content (AvgIpc) is 2.60. The van der Waals surface area contributed by atoms with Crippen LogP contribution in [0.25, 0.3) is 0 Å². The number of hydrogen-bond acceptors (Lipinski definition) is 4. The lowest BCUT2D eigenvalue weighted by molar-refractivity contribution is -0.186. The number of nitrogens with zero attached hydrogens (tertiary/aromatic N) is 1. The standard InChI is InChI=1S/C12H21NO5/c1-5-17-12(9(14)15)7-6-8-13(12)10(16)18-11(2,3)4/h5-8H2,1-4H3,(H,14,15). The molecule has 0 spiro atoms. The molecule has 1 heterocycles. The quantitative estimate of drug-likeness (QED) is 0.836. The molecule has 1 rings (SSSR count). The monoisotopic (exact) mass is 259 g/mol. The van der Waals surface area contributed by atoms with E-state index in [1.165, 1.54) is 4.90 Å². The van der Waals surface area contributed by atoms with Crippen molar-refractivity contribution in [2.75, 3.05) is 13.2 Å². The number of aliphatic carboxylic acids is 1. The van der Waals surface area contributed by atoms with Gasteiger partial charge in [-0.1, -0.05) is 0 Å². The zero-order chi connectivity index (χ0) is 14.0. The molecule has 6 nitrogen and oxygen atoms in total. The maximum absolute atomic E-state index is 12.0. The predicted octanol–water partition coefficient (Wildman–Crippen LogP) is 1.83. The third-order valence-corrected chi connectivity index (χ3v) is 2.66. The van der Waals surface area contributed by atoms with E-state index in [2.05, 4.69) is 0 Å². The SMILES string of the molecule is CCOC1(C(=O)O)CCCN1C(=O)OC(C)(C)C. The average molecular weight is 259 g/mol. The van der Waals surface area contributed by atoms with Crippen LogP contribution in [0.5, 0.6) is 0 Å². The highest BCUT2D eigenvalue weighted by Gasteiger charge is 2.52. The normalized spacial score (nSPS) is 24.1. The van der Waals surface area contributed by atoms with Crippen molar-refractivity contribution >= 4 is 12.1 Å². The van der Waals surface area contributed by atoms with E-state index < -0.39 is 23.4 Å². The van der Waals surface area contributed by atoms with Gasteiger partial charge in [-0.15, -0.1) is 0 Å². The van der Waals surface area contributed by atoms with Gasteiger partial charge in [0.05, 0.1) is 0 Å². The number of carboxylic acid groups (broad SMARTS) is 1. The first-order valence-corrected chi connectivity index (χ1v) is 6.11. The summed E-state index contributed by atoms with van der Waals surface area (Å²) in [5.41, 5.74) is -2.23. The predicted molar refractivity (Wildman–Crippen MR) is 64.2 cm³/mol. The second-order valence-corrected chi connectivity index (χ2v) is 5.26. The number of hydrogen-bond donors (Lipinski definition) is 1. The van der Waals surface area contributed by atoms with Crippen molar-refractivity contribution in [2.24, 2.45) is 0 Å². The third-order valence-electron chi connectivity index (χ3n) is 2.66. The number of carbonyl (C=O) groups excluding carboxylic acids is 1. The van der Waals surface area contributed by atoms with Crippen molar-refractivity contribution in [1.29, 1.82) is 0 Å². The van der Waals surface area contributed by atoms with Crippen LogP contribution in [0.15, 0.2) is 0 Å². The Morgan fingerprint density at radius 3 is 2.44 bits per heavy atom. The Labute approximate surface area is 107 Å². The van der Waals surface area contributed by atoms with Gasteiger partial charge >= 0.3 is 12.1 Å². The van der Waals surface area contributed by atoms with Gasteiger partial charge in [-0.3, -0.25) is 4.90 Å². The summed E-state index contributed by atoms with van der Waals surface area (Å²) in [6, 6.07) is 0. The first-order chi connectivity index (χ1) is 8.23. The molecular formula is C12H21NO5. The first kappa shape index (κ1) is 14.8. The van der Waals surface area contributed by atoms with Crippen molar-refractivity contribution in [3.63, 3.8) is 0 Å². The zero-order valence-electron chi connectivity index (χ0n) is 11.4. The molecule has 1 amide bonds. The molecule has 1 aliphatic heterocycles. The van der Waals surface area contributed by atoms with Crippen molar-refractivity contribution in [3.05, 3.63) is 0 Å². The maximum Gasteiger partial charge on any atom is 0.413 e. The minimum absolute atomic E-state index is 0.228. The molecule has 6 heteroatoms. The van der Waals surface area contributed by atoms with Crippen LogP contribution >= 0.6 is 0 Å². The molecule has 0 bridgehead atoms. The Morgan fingerprint density at radius 2 is 2.00 bits per heavy atom. The van der Waals surface area contributed by atoms with Crippen LogP contribution in [0, 0.1) is 0 Å². The van der Waals surface area contributed by atoms with E-state index in [4.69, 9.17) is 9.47 Å². The van der Waals surface area contributed by atoms with Gasteiger partial charge in [0.15, 0.2) is 0 Å². The van der Waals surface area contributed by atoms with Crippen LogP contribution in [0.1, 0.15) is 40.5 Å². The van der Waals surface area contributed by atoms with E-state index in [1.54, 1.807) is 27.7 Å². The van der Waals surface area contributed by atoms with Crippen LogP contribution in [-0.4, -0.2) is 46.5 Å². The molecule has 1 N–H and O–H groups in total. The smallest absolute Gasteiger partial charge is 0.413 e. The van der Waals surface area contributed by atoms with E-state index >= 15 is 0 Å². The van der Waals surface area contributed by atoms with E-state index in [0.717, 1.165) is 0 Å². The van der Waals surface area contributed by atoms with E-state index in [-0.39, 0.29) is 13.0 Å². The van der Waals surface area contributed by atoms with E-state index in [0.29, 0.717) is 13.0 Å². The van der Waals surface area contributed by atoms with E-state index in [9.17, 15) is 14.7 Å². The zero-order valence-corrected chi connectivity index (χ0v) is 11.4. The molecule has 1 saturated heterocycles. The largest absolute Gasteiger partial charge is 0.478 e. The lowest BCUT2D eigenvalue weighted by Gasteiger charge is -2.35. The molecule has 0 aromatic heterocycles. The lowest BCUT2D eigenvalue weighted by Crippen LogP contribution is -2.56. The summed E-state index contributed by atoms with van der Waals surface area (Å²) in [5.74, 6) is -1.15. The second-order valence-electron chi connectivity index (χ2n) is 5.26. The molecular weight excluding hydrogens is 238 g/mol. The molecule has 1 aliphatic rings. The summed E-state index contributed by atoms with van der Waals surface area (Å²) in [6.45, 7) is 7.49. The van der Waals surface area contributed by atoms with Crippen LogP contribution in [0.3, 0.4) is 0 Å². The molecule has 104 valence electrons. The van der Waals surface area contributed by atoms with Gasteiger partial charge in [0.2, 0.25) is 5.72 Å². The Hall–Kier alpha value is -1.30. The molecule has 1 fully saturated rings. The fourth-order valence-corrected chi connectivity index (χ4v) is 2.02. The Balaban J connectivity index is 2.92. The summed E-state index contributed by atoms with van der Waals surface area (Å²) < 4.78 is 10.5. The summed E-state index contributed by atoms with van der Waals surface area (Å²) >= 11 is 0. The molecule has 1 atom stereocenters. The summed E-state index contributed by atoms with van der Waals surface area (Å²) in [7, 11) is 0.